The molecule has 0 bridgehead atoms. The third-order valence-electron chi connectivity index (χ3n) is 1.99. The summed E-state index contributed by atoms with van der Waals surface area (Å²) < 4.78 is 28.4. The standard InChI is InChI=1S/C8H13N3O4S/c1-15-3-2-11-5-6(16(10,13)14)4-7(11)8(9)12/h4-5H,2-3H2,1H3,(H2,9,12)(H2,10,13,14). The van der Waals surface area contributed by atoms with Gasteiger partial charge in [-0.25, -0.2) is 13.6 Å². The molecule has 0 aliphatic heterocycles. The number of nitrogens with zero attached hydrogens (tertiary/aromatic N) is 1. The second-order valence-electron chi connectivity index (χ2n) is 3.16. The summed E-state index contributed by atoms with van der Waals surface area (Å²) in [6.45, 7) is 0.656. The summed E-state index contributed by atoms with van der Waals surface area (Å²) in [4.78, 5) is 10.9. The van der Waals surface area contributed by atoms with Crippen LogP contribution in [0.15, 0.2) is 17.2 Å². The van der Waals surface area contributed by atoms with Gasteiger partial charge in [0.2, 0.25) is 10.0 Å². The molecule has 0 unspecified atom stereocenters. The van der Waals surface area contributed by atoms with E-state index >= 15 is 0 Å². The van der Waals surface area contributed by atoms with Crippen LogP contribution in [-0.2, 0) is 21.3 Å². The van der Waals surface area contributed by atoms with E-state index in [0.29, 0.717) is 13.2 Å². The summed E-state index contributed by atoms with van der Waals surface area (Å²) >= 11 is 0. The number of carbonyl (C=O) groups is 1. The fourth-order valence-electron chi connectivity index (χ4n) is 1.22. The molecule has 0 saturated heterocycles. The van der Waals surface area contributed by atoms with Crippen LogP contribution >= 0.6 is 0 Å². The Labute approximate surface area is 93.0 Å². The lowest BCUT2D eigenvalue weighted by Gasteiger charge is -2.04. The van der Waals surface area contributed by atoms with Crippen LogP contribution in [0.25, 0.3) is 0 Å². The van der Waals surface area contributed by atoms with Crippen LogP contribution in [0, 0.1) is 0 Å². The van der Waals surface area contributed by atoms with Gasteiger partial charge in [0.05, 0.1) is 6.61 Å². The Balaban J connectivity index is 3.15. The van der Waals surface area contributed by atoms with Gasteiger partial charge in [-0.05, 0) is 6.07 Å². The summed E-state index contributed by atoms with van der Waals surface area (Å²) in [6, 6.07) is 1.15. The average Bonchev–Trinajstić information content (AvgIpc) is 2.57. The number of aromatic nitrogens is 1. The van der Waals surface area contributed by atoms with Crippen LogP contribution in [0.2, 0.25) is 0 Å². The lowest BCUT2D eigenvalue weighted by Crippen LogP contribution is -2.17. The number of methoxy groups -OCH3 is 1. The maximum Gasteiger partial charge on any atom is 0.265 e. The minimum absolute atomic E-state index is 0.0843. The highest BCUT2D eigenvalue weighted by Gasteiger charge is 2.16. The van der Waals surface area contributed by atoms with E-state index in [9.17, 15) is 13.2 Å². The van der Waals surface area contributed by atoms with Gasteiger partial charge in [0, 0.05) is 19.9 Å². The first-order valence-corrected chi connectivity index (χ1v) is 5.92. The molecule has 1 aromatic rings. The number of sulfonamides is 1. The van der Waals surface area contributed by atoms with Crippen molar-refractivity contribution in [1.29, 1.82) is 0 Å². The first-order valence-electron chi connectivity index (χ1n) is 4.38. The van der Waals surface area contributed by atoms with E-state index in [1.807, 2.05) is 0 Å². The third-order valence-corrected chi connectivity index (χ3v) is 2.87. The molecule has 0 spiro atoms. The van der Waals surface area contributed by atoms with Gasteiger partial charge >= 0.3 is 0 Å². The summed E-state index contributed by atoms with van der Waals surface area (Å²) in [5, 5.41) is 4.94. The van der Waals surface area contributed by atoms with Gasteiger partial charge in [-0.2, -0.15) is 0 Å². The maximum absolute atomic E-state index is 11.1. The molecule has 0 saturated carbocycles. The highest BCUT2D eigenvalue weighted by molar-refractivity contribution is 7.89. The molecule has 0 aromatic carbocycles. The van der Waals surface area contributed by atoms with Gasteiger partial charge in [0.15, 0.2) is 0 Å². The third kappa shape index (κ3) is 2.81. The molecule has 0 atom stereocenters. The molecule has 4 N–H and O–H groups in total. The van der Waals surface area contributed by atoms with Crippen molar-refractivity contribution in [3.8, 4) is 0 Å². The SMILES string of the molecule is COCCn1cc(S(N)(=O)=O)cc1C(N)=O. The monoisotopic (exact) mass is 247 g/mol. The maximum atomic E-state index is 11.1. The zero-order valence-corrected chi connectivity index (χ0v) is 9.53. The van der Waals surface area contributed by atoms with E-state index < -0.39 is 15.9 Å². The number of primary sulfonamides is 1. The second kappa shape index (κ2) is 4.64. The van der Waals surface area contributed by atoms with E-state index in [2.05, 4.69) is 0 Å². The molecule has 0 radical (unpaired) electrons. The summed E-state index contributed by atoms with van der Waals surface area (Å²) in [5.74, 6) is -0.717. The second-order valence-corrected chi connectivity index (χ2v) is 4.72. The largest absolute Gasteiger partial charge is 0.383 e. The molecule has 16 heavy (non-hydrogen) atoms. The van der Waals surface area contributed by atoms with E-state index in [1.165, 1.54) is 17.9 Å². The van der Waals surface area contributed by atoms with Crippen LogP contribution in [-0.4, -0.2) is 32.6 Å². The van der Waals surface area contributed by atoms with Crippen LogP contribution in [0.4, 0.5) is 0 Å². The molecule has 1 rings (SSSR count). The van der Waals surface area contributed by atoms with E-state index in [4.69, 9.17) is 15.6 Å². The fraction of sp³-hybridized carbons (Fsp3) is 0.375. The van der Waals surface area contributed by atoms with Crippen LogP contribution in [0.3, 0.4) is 0 Å². The number of hydrogen-bond donors (Lipinski definition) is 2. The Morgan fingerprint density at radius 3 is 2.62 bits per heavy atom. The first-order chi connectivity index (χ1) is 7.36. The van der Waals surface area contributed by atoms with Gasteiger partial charge in [0.25, 0.3) is 5.91 Å². The van der Waals surface area contributed by atoms with E-state index in [0.717, 1.165) is 6.07 Å². The van der Waals surface area contributed by atoms with Crippen molar-refractivity contribution in [1.82, 2.24) is 4.57 Å². The molecule has 90 valence electrons. The van der Waals surface area contributed by atoms with Crippen molar-refractivity contribution in [2.45, 2.75) is 11.4 Å². The predicted molar refractivity (Wildman–Crippen MR) is 56.2 cm³/mol. The van der Waals surface area contributed by atoms with Crippen molar-refractivity contribution < 1.29 is 17.9 Å². The molecule has 0 fully saturated rings. The molecule has 0 aliphatic carbocycles. The van der Waals surface area contributed by atoms with Crippen molar-refractivity contribution in [3.63, 3.8) is 0 Å². The Morgan fingerprint density at radius 2 is 2.19 bits per heavy atom. The zero-order valence-electron chi connectivity index (χ0n) is 8.71. The van der Waals surface area contributed by atoms with Gasteiger partial charge in [0.1, 0.15) is 10.6 Å². The lowest BCUT2D eigenvalue weighted by molar-refractivity contribution is 0.0988. The molecule has 1 amide bonds. The van der Waals surface area contributed by atoms with E-state index in [-0.39, 0.29) is 10.6 Å². The van der Waals surface area contributed by atoms with Crippen LogP contribution in [0.5, 0.6) is 0 Å². The minimum Gasteiger partial charge on any atom is -0.383 e. The fourth-order valence-corrected chi connectivity index (χ4v) is 1.77. The highest BCUT2D eigenvalue weighted by atomic mass is 32.2. The van der Waals surface area contributed by atoms with Gasteiger partial charge in [-0.3, -0.25) is 4.79 Å². The number of carbonyl (C=O) groups excluding carboxylic acids is 1. The Morgan fingerprint density at radius 1 is 1.56 bits per heavy atom. The van der Waals surface area contributed by atoms with Crippen molar-refractivity contribution >= 4 is 15.9 Å². The molecule has 0 aliphatic rings. The summed E-state index contributed by atoms with van der Waals surface area (Å²) in [6.07, 6.45) is 1.26. The van der Waals surface area contributed by atoms with Crippen LogP contribution < -0.4 is 10.9 Å². The Kier molecular flexibility index (Phi) is 3.68. The van der Waals surface area contributed by atoms with Crippen molar-refractivity contribution in [2.24, 2.45) is 10.9 Å². The number of ether oxygens (including phenoxy) is 1. The summed E-state index contributed by atoms with van der Waals surface area (Å²) in [5.41, 5.74) is 5.19. The number of primary amides is 1. The zero-order chi connectivity index (χ0) is 12.3. The molecule has 1 aromatic heterocycles. The summed E-state index contributed by atoms with van der Waals surface area (Å²) in [7, 11) is -2.34. The Hall–Kier alpha value is -1.38. The van der Waals surface area contributed by atoms with E-state index in [1.54, 1.807) is 0 Å². The topological polar surface area (TPSA) is 117 Å². The predicted octanol–water partition coefficient (Wildman–Crippen LogP) is -1.12. The first kappa shape index (κ1) is 12.7. The van der Waals surface area contributed by atoms with Crippen LogP contribution in [0.1, 0.15) is 10.5 Å². The normalized spacial score (nSPS) is 11.6. The van der Waals surface area contributed by atoms with Crippen molar-refractivity contribution in [2.75, 3.05) is 13.7 Å². The number of rotatable bonds is 5. The number of amides is 1. The molecular weight excluding hydrogens is 234 g/mol. The van der Waals surface area contributed by atoms with Gasteiger partial charge in [-0.1, -0.05) is 0 Å². The molecule has 7 nitrogen and oxygen atoms in total. The van der Waals surface area contributed by atoms with Gasteiger partial charge in [-0.15, -0.1) is 0 Å². The molecular formula is C8H13N3O4S. The average molecular weight is 247 g/mol. The molecule has 8 heteroatoms. The quantitative estimate of drug-likeness (QED) is 0.685. The van der Waals surface area contributed by atoms with Gasteiger partial charge < -0.3 is 15.0 Å². The van der Waals surface area contributed by atoms with Crippen molar-refractivity contribution in [3.05, 3.63) is 18.0 Å². The highest BCUT2D eigenvalue weighted by Crippen LogP contribution is 2.12. The molecule has 1 heterocycles. The lowest BCUT2D eigenvalue weighted by atomic mass is 10.4. The number of hydrogen-bond acceptors (Lipinski definition) is 4. The minimum atomic E-state index is -3.83. The Bertz CT molecular complexity index is 491. The number of nitrogens with two attached hydrogens (primary N) is 2. The smallest absolute Gasteiger partial charge is 0.265 e.